The van der Waals surface area contributed by atoms with Crippen LogP contribution in [0.2, 0.25) is 0 Å². The molecule has 2 aliphatic heterocycles. The highest BCUT2D eigenvalue weighted by Crippen LogP contribution is 2.37. The van der Waals surface area contributed by atoms with Crippen LogP contribution in [0.3, 0.4) is 0 Å². The summed E-state index contributed by atoms with van der Waals surface area (Å²) in [4.78, 5) is 14.3. The Kier molecular flexibility index (Phi) is 4.02. The van der Waals surface area contributed by atoms with Crippen LogP contribution in [0.5, 0.6) is 0 Å². The molecule has 0 saturated carbocycles. The second-order valence-electron chi connectivity index (χ2n) is 6.60. The molecule has 5 nitrogen and oxygen atoms in total. The SMILES string of the molecule is O=C(OCc1ccccc1)N1CCCC2(C1)NCCc1ccoc12. The Morgan fingerprint density at radius 3 is 3.04 bits per heavy atom. The van der Waals surface area contributed by atoms with Gasteiger partial charge in [0, 0.05) is 19.6 Å². The van der Waals surface area contributed by atoms with Crippen molar-refractivity contribution < 1.29 is 13.9 Å². The van der Waals surface area contributed by atoms with Crippen LogP contribution in [-0.4, -0.2) is 30.6 Å². The van der Waals surface area contributed by atoms with E-state index in [2.05, 4.69) is 5.32 Å². The highest BCUT2D eigenvalue weighted by atomic mass is 16.6. The number of nitrogens with zero attached hydrogens (tertiary/aromatic N) is 1. The number of likely N-dealkylation sites (tertiary alicyclic amines) is 1. The normalized spacial score (nSPS) is 23.1. The molecular weight excluding hydrogens is 304 g/mol. The van der Waals surface area contributed by atoms with Crippen molar-refractivity contribution in [1.29, 1.82) is 0 Å². The summed E-state index contributed by atoms with van der Waals surface area (Å²) in [5, 5.41) is 3.59. The van der Waals surface area contributed by atoms with Crippen LogP contribution in [0.25, 0.3) is 0 Å². The van der Waals surface area contributed by atoms with Crippen molar-refractivity contribution in [1.82, 2.24) is 10.2 Å². The number of carbonyl (C=O) groups is 1. The van der Waals surface area contributed by atoms with E-state index in [1.165, 1.54) is 5.56 Å². The first-order valence-corrected chi connectivity index (χ1v) is 8.54. The zero-order valence-electron chi connectivity index (χ0n) is 13.7. The van der Waals surface area contributed by atoms with Gasteiger partial charge in [-0.05, 0) is 36.5 Å². The van der Waals surface area contributed by atoms with Crippen molar-refractivity contribution in [2.24, 2.45) is 0 Å². The van der Waals surface area contributed by atoms with Crippen LogP contribution in [0, 0.1) is 0 Å². The van der Waals surface area contributed by atoms with Crippen molar-refractivity contribution in [3.63, 3.8) is 0 Å². The van der Waals surface area contributed by atoms with E-state index in [1.54, 1.807) is 11.2 Å². The fourth-order valence-electron chi connectivity index (χ4n) is 3.82. The van der Waals surface area contributed by atoms with Crippen molar-refractivity contribution in [2.45, 2.75) is 31.4 Å². The van der Waals surface area contributed by atoms with Crippen LogP contribution in [0.1, 0.15) is 29.7 Å². The number of hydrogen-bond donors (Lipinski definition) is 1. The molecule has 1 aromatic carbocycles. The van der Waals surface area contributed by atoms with Gasteiger partial charge in [0.05, 0.1) is 11.8 Å². The molecular formula is C19H22N2O3. The van der Waals surface area contributed by atoms with E-state index in [0.717, 1.165) is 43.7 Å². The lowest BCUT2D eigenvalue weighted by Crippen LogP contribution is -2.58. The lowest BCUT2D eigenvalue weighted by atomic mass is 9.82. The number of hydrogen-bond acceptors (Lipinski definition) is 4. The van der Waals surface area contributed by atoms with Gasteiger partial charge in [0.25, 0.3) is 0 Å². The lowest BCUT2D eigenvalue weighted by molar-refractivity contribution is 0.0565. The van der Waals surface area contributed by atoms with Crippen LogP contribution in [0.4, 0.5) is 4.79 Å². The molecule has 2 aliphatic rings. The molecule has 3 heterocycles. The number of rotatable bonds is 2. The molecule has 1 spiro atoms. The minimum Gasteiger partial charge on any atom is -0.467 e. The highest BCUT2D eigenvalue weighted by Gasteiger charge is 2.44. The Morgan fingerprint density at radius 1 is 1.29 bits per heavy atom. The summed E-state index contributed by atoms with van der Waals surface area (Å²) in [7, 11) is 0. The third-order valence-electron chi connectivity index (χ3n) is 4.99. The molecule has 24 heavy (non-hydrogen) atoms. The number of carbonyl (C=O) groups excluding carboxylic acids is 1. The average molecular weight is 326 g/mol. The maximum atomic E-state index is 12.5. The van der Waals surface area contributed by atoms with E-state index in [4.69, 9.17) is 9.15 Å². The summed E-state index contributed by atoms with van der Waals surface area (Å²) in [6.45, 7) is 2.55. The molecule has 1 aromatic heterocycles. The topological polar surface area (TPSA) is 54.7 Å². The number of benzene rings is 1. The fourth-order valence-corrected chi connectivity index (χ4v) is 3.82. The number of furan rings is 1. The Bertz CT molecular complexity index is 712. The first-order valence-electron chi connectivity index (χ1n) is 8.54. The molecule has 1 atom stereocenters. The Labute approximate surface area is 141 Å². The summed E-state index contributed by atoms with van der Waals surface area (Å²) in [6.07, 6.45) is 4.40. The predicted octanol–water partition coefficient (Wildman–Crippen LogP) is 3.05. The molecule has 5 heteroatoms. The molecule has 1 saturated heterocycles. The minimum absolute atomic E-state index is 0.251. The van der Waals surface area contributed by atoms with Crippen molar-refractivity contribution in [3.8, 4) is 0 Å². The van der Waals surface area contributed by atoms with Crippen molar-refractivity contribution in [3.05, 3.63) is 59.5 Å². The number of piperidine rings is 1. The first kappa shape index (κ1) is 15.3. The van der Waals surface area contributed by atoms with Gasteiger partial charge in [-0.25, -0.2) is 4.79 Å². The maximum Gasteiger partial charge on any atom is 0.410 e. The van der Waals surface area contributed by atoms with E-state index >= 15 is 0 Å². The summed E-state index contributed by atoms with van der Waals surface area (Å²) in [6, 6.07) is 11.8. The van der Waals surface area contributed by atoms with Crippen LogP contribution >= 0.6 is 0 Å². The third-order valence-corrected chi connectivity index (χ3v) is 4.99. The molecule has 1 amide bonds. The van der Waals surface area contributed by atoms with E-state index in [0.29, 0.717) is 13.2 Å². The monoisotopic (exact) mass is 326 g/mol. The molecule has 126 valence electrons. The molecule has 0 aliphatic carbocycles. The second kappa shape index (κ2) is 6.32. The van der Waals surface area contributed by atoms with Gasteiger partial charge in [-0.2, -0.15) is 0 Å². The molecule has 4 rings (SSSR count). The van der Waals surface area contributed by atoms with Gasteiger partial charge < -0.3 is 19.4 Å². The van der Waals surface area contributed by atoms with Crippen molar-refractivity contribution in [2.75, 3.05) is 19.6 Å². The number of ether oxygens (including phenoxy) is 1. The standard InChI is InChI=1S/C19H22N2O3/c22-18(24-13-15-5-2-1-3-6-15)21-11-4-9-19(14-21)17-16(7-10-20-19)8-12-23-17/h1-3,5-6,8,12,20H,4,7,9-11,13-14H2. The zero-order valence-corrected chi connectivity index (χ0v) is 13.7. The van der Waals surface area contributed by atoms with Gasteiger partial charge in [0.15, 0.2) is 0 Å². The van der Waals surface area contributed by atoms with Gasteiger partial charge in [0.1, 0.15) is 12.4 Å². The van der Waals surface area contributed by atoms with E-state index < -0.39 is 0 Å². The second-order valence-corrected chi connectivity index (χ2v) is 6.60. The van der Waals surface area contributed by atoms with E-state index in [1.807, 2.05) is 36.4 Å². The third kappa shape index (κ3) is 2.80. The highest BCUT2D eigenvalue weighted by molar-refractivity contribution is 5.68. The Hall–Kier alpha value is -2.27. The Morgan fingerprint density at radius 2 is 2.17 bits per heavy atom. The molecule has 0 bridgehead atoms. The number of fused-ring (bicyclic) bond motifs is 2. The van der Waals surface area contributed by atoms with Gasteiger partial charge in [-0.3, -0.25) is 0 Å². The summed E-state index contributed by atoms with van der Waals surface area (Å²) in [5.74, 6) is 0.995. The molecule has 1 fully saturated rings. The van der Waals surface area contributed by atoms with Gasteiger partial charge >= 0.3 is 6.09 Å². The maximum absolute atomic E-state index is 12.5. The zero-order chi connectivity index (χ0) is 16.4. The molecule has 1 unspecified atom stereocenters. The molecule has 0 radical (unpaired) electrons. The van der Waals surface area contributed by atoms with Crippen LogP contribution in [-0.2, 0) is 23.3 Å². The molecule has 1 N–H and O–H groups in total. The first-order chi connectivity index (χ1) is 11.8. The van der Waals surface area contributed by atoms with E-state index in [-0.39, 0.29) is 11.6 Å². The van der Waals surface area contributed by atoms with Gasteiger partial charge in [0.2, 0.25) is 0 Å². The van der Waals surface area contributed by atoms with Crippen LogP contribution in [0.15, 0.2) is 47.1 Å². The average Bonchev–Trinajstić information content (AvgIpc) is 3.11. The smallest absolute Gasteiger partial charge is 0.410 e. The largest absolute Gasteiger partial charge is 0.467 e. The number of nitrogens with one attached hydrogen (secondary N) is 1. The van der Waals surface area contributed by atoms with E-state index in [9.17, 15) is 4.79 Å². The van der Waals surface area contributed by atoms with Crippen LogP contribution < -0.4 is 5.32 Å². The van der Waals surface area contributed by atoms with Gasteiger partial charge in [-0.1, -0.05) is 30.3 Å². The lowest BCUT2D eigenvalue weighted by Gasteiger charge is -2.44. The Balaban J connectivity index is 1.45. The fraction of sp³-hybridized carbons (Fsp3) is 0.421. The molecule has 2 aromatic rings. The summed E-state index contributed by atoms with van der Waals surface area (Å²) < 4.78 is 11.3. The predicted molar refractivity (Wildman–Crippen MR) is 89.5 cm³/mol. The quantitative estimate of drug-likeness (QED) is 0.921. The summed E-state index contributed by atoms with van der Waals surface area (Å²) in [5.41, 5.74) is 2.00. The summed E-state index contributed by atoms with van der Waals surface area (Å²) >= 11 is 0. The number of amides is 1. The minimum atomic E-state index is -0.263. The van der Waals surface area contributed by atoms with Crippen molar-refractivity contribution >= 4 is 6.09 Å². The van der Waals surface area contributed by atoms with Gasteiger partial charge in [-0.15, -0.1) is 0 Å².